The molecule has 0 aliphatic heterocycles. The zero-order chi connectivity index (χ0) is 9.40. The second kappa shape index (κ2) is 6.65. The molecule has 0 radical (unpaired) electrons. The van der Waals surface area contributed by atoms with Gasteiger partial charge < -0.3 is 15.2 Å². The number of hydrogen-bond donors (Lipinski definition) is 2. The highest BCUT2D eigenvalue weighted by molar-refractivity contribution is 5.86. The zero-order valence-electron chi connectivity index (χ0n) is 7.26. The van der Waals surface area contributed by atoms with Crippen molar-refractivity contribution in [3.63, 3.8) is 0 Å². The van der Waals surface area contributed by atoms with Crippen LogP contribution in [0.15, 0.2) is 0 Å². The molecule has 68 valence electrons. The predicted molar refractivity (Wildman–Crippen MR) is 44.8 cm³/mol. The van der Waals surface area contributed by atoms with Crippen molar-refractivity contribution in [3.05, 3.63) is 0 Å². The first kappa shape index (κ1) is 11.0. The lowest BCUT2D eigenvalue weighted by Crippen LogP contribution is -2.24. The Morgan fingerprint density at radius 1 is 1.75 bits per heavy atom. The molecule has 0 aromatic heterocycles. The number of nitrogens with one attached hydrogen (secondary N) is 1. The van der Waals surface area contributed by atoms with Crippen LogP contribution in [0, 0.1) is 11.8 Å². The molecule has 0 spiro atoms. The Balaban J connectivity index is 3.84. The average molecular weight is 171 g/mol. The van der Waals surface area contributed by atoms with Gasteiger partial charge in [-0.2, -0.15) is 0 Å². The molecule has 0 fully saturated rings. The first-order valence-corrected chi connectivity index (χ1v) is 3.61. The van der Waals surface area contributed by atoms with Crippen LogP contribution in [0.4, 0.5) is 0 Å². The fourth-order valence-electron chi connectivity index (χ4n) is 0.673. The minimum absolute atomic E-state index is 0.110. The van der Waals surface area contributed by atoms with E-state index in [1.54, 1.807) is 14.2 Å². The molecule has 2 N–H and O–H groups in total. The molecule has 12 heavy (non-hydrogen) atoms. The Labute approximate surface area is 71.9 Å². The highest BCUT2D eigenvalue weighted by Crippen LogP contribution is 1.88. The standard InChI is InChI=1S/C8H13NO3/c1-9-7(5-6-12-2)3-4-8(10)11/h7,9H,5-6H2,1-2H3,(H,10,11). The Kier molecular flexibility index (Phi) is 6.07. The van der Waals surface area contributed by atoms with Crippen LogP contribution in [0.2, 0.25) is 0 Å². The third kappa shape index (κ3) is 5.71. The summed E-state index contributed by atoms with van der Waals surface area (Å²) in [6, 6.07) is -0.110. The van der Waals surface area contributed by atoms with E-state index in [2.05, 4.69) is 17.2 Å². The number of methoxy groups -OCH3 is 1. The summed E-state index contributed by atoms with van der Waals surface area (Å²) in [6.07, 6.45) is 0.688. The van der Waals surface area contributed by atoms with Crippen LogP contribution in [0.3, 0.4) is 0 Å². The topological polar surface area (TPSA) is 58.6 Å². The van der Waals surface area contributed by atoms with Crippen LogP contribution in [-0.4, -0.2) is 37.9 Å². The van der Waals surface area contributed by atoms with Gasteiger partial charge in [0.2, 0.25) is 0 Å². The van der Waals surface area contributed by atoms with Gasteiger partial charge in [0.25, 0.3) is 0 Å². The molecule has 0 bridgehead atoms. The van der Waals surface area contributed by atoms with E-state index >= 15 is 0 Å². The summed E-state index contributed by atoms with van der Waals surface area (Å²) in [5.41, 5.74) is 0. The monoisotopic (exact) mass is 171 g/mol. The summed E-state index contributed by atoms with van der Waals surface area (Å²) in [6.45, 7) is 0.569. The molecule has 0 rings (SSSR count). The van der Waals surface area contributed by atoms with Crippen LogP contribution in [-0.2, 0) is 9.53 Å². The first-order valence-electron chi connectivity index (χ1n) is 3.61. The molecule has 1 unspecified atom stereocenters. The van der Waals surface area contributed by atoms with E-state index < -0.39 is 5.97 Å². The van der Waals surface area contributed by atoms with Crippen LogP contribution in [0.25, 0.3) is 0 Å². The van der Waals surface area contributed by atoms with E-state index in [0.717, 1.165) is 0 Å². The molecule has 0 amide bonds. The predicted octanol–water partition coefficient (Wildman–Crippen LogP) is -0.301. The van der Waals surface area contributed by atoms with E-state index in [4.69, 9.17) is 9.84 Å². The summed E-state index contributed by atoms with van der Waals surface area (Å²) in [4.78, 5) is 10.1. The second-order valence-electron chi connectivity index (χ2n) is 2.20. The Bertz CT molecular complexity index is 192. The Morgan fingerprint density at radius 2 is 2.42 bits per heavy atom. The van der Waals surface area contributed by atoms with Crippen molar-refractivity contribution in [1.29, 1.82) is 0 Å². The third-order valence-corrected chi connectivity index (χ3v) is 1.31. The molecule has 0 aromatic rings. The van der Waals surface area contributed by atoms with E-state index in [-0.39, 0.29) is 6.04 Å². The Hall–Kier alpha value is -1.05. The maximum Gasteiger partial charge on any atom is 0.381 e. The van der Waals surface area contributed by atoms with E-state index in [1.807, 2.05) is 0 Å². The number of aliphatic carboxylic acids is 1. The van der Waals surface area contributed by atoms with Gasteiger partial charge in [0.1, 0.15) is 0 Å². The van der Waals surface area contributed by atoms with Crippen molar-refractivity contribution < 1.29 is 14.6 Å². The van der Waals surface area contributed by atoms with Gasteiger partial charge in [-0.15, -0.1) is 0 Å². The summed E-state index contributed by atoms with van der Waals surface area (Å²) >= 11 is 0. The lowest BCUT2D eigenvalue weighted by atomic mass is 10.2. The van der Waals surface area contributed by atoms with Gasteiger partial charge >= 0.3 is 5.97 Å². The summed E-state index contributed by atoms with van der Waals surface area (Å²) in [7, 11) is 3.33. The summed E-state index contributed by atoms with van der Waals surface area (Å²) in [5, 5.41) is 11.1. The van der Waals surface area contributed by atoms with Gasteiger partial charge in [-0.1, -0.05) is 5.92 Å². The van der Waals surface area contributed by atoms with Gasteiger partial charge in [-0.05, 0) is 13.5 Å². The van der Waals surface area contributed by atoms with Crippen molar-refractivity contribution in [3.8, 4) is 11.8 Å². The molecule has 0 saturated heterocycles. The van der Waals surface area contributed by atoms with Gasteiger partial charge in [-0.25, -0.2) is 4.79 Å². The zero-order valence-corrected chi connectivity index (χ0v) is 7.26. The van der Waals surface area contributed by atoms with Crippen LogP contribution < -0.4 is 5.32 Å². The first-order chi connectivity index (χ1) is 5.70. The second-order valence-corrected chi connectivity index (χ2v) is 2.20. The fraction of sp³-hybridized carbons (Fsp3) is 0.625. The minimum Gasteiger partial charge on any atom is -0.472 e. The molecule has 1 atom stereocenters. The molecule has 0 aliphatic carbocycles. The van der Waals surface area contributed by atoms with E-state index in [9.17, 15) is 4.79 Å². The quantitative estimate of drug-likeness (QED) is 0.570. The summed E-state index contributed by atoms with van der Waals surface area (Å²) < 4.78 is 4.83. The van der Waals surface area contributed by atoms with Crippen molar-refractivity contribution in [2.45, 2.75) is 12.5 Å². The average Bonchev–Trinajstić information content (AvgIpc) is 2.05. The number of carboxylic acids is 1. The number of carbonyl (C=O) groups is 1. The van der Waals surface area contributed by atoms with Crippen LogP contribution in [0.1, 0.15) is 6.42 Å². The van der Waals surface area contributed by atoms with Crippen molar-refractivity contribution in [2.75, 3.05) is 20.8 Å². The number of rotatable bonds is 4. The molecule has 4 nitrogen and oxygen atoms in total. The van der Waals surface area contributed by atoms with Gasteiger partial charge in [0.15, 0.2) is 0 Å². The smallest absolute Gasteiger partial charge is 0.381 e. The van der Waals surface area contributed by atoms with Gasteiger partial charge in [0.05, 0.1) is 6.04 Å². The van der Waals surface area contributed by atoms with Gasteiger partial charge in [0, 0.05) is 19.6 Å². The molecular formula is C8H13NO3. The molecule has 0 aliphatic rings. The number of hydrogen-bond acceptors (Lipinski definition) is 3. The normalized spacial score (nSPS) is 11.5. The lowest BCUT2D eigenvalue weighted by molar-refractivity contribution is -0.130. The molecule has 4 heteroatoms. The van der Waals surface area contributed by atoms with Gasteiger partial charge in [-0.3, -0.25) is 0 Å². The highest BCUT2D eigenvalue weighted by Gasteiger charge is 2.00. The molecular weight excluding hydrogens is 158 g/mol. The molecule has 0 saturated carbocycles. The Morgan fingerprint density at radius 3 is 2.83 bits per heavy atom. The lowest BCUT2D eigenvalue weighted by Gasteiger charge is -2.06. The fourth-order valence-corrected chi connectivity index (χ4v) is 0.673. The largest absolute Gasteiger partial charge is 0.472 e. The maximum absolute atomic E-state index is 10.1. The van der Waals surface area contributed by atoms with Crippen molar-refractivity contribution in [1.82, 2.24) is 5.32 Å². The van der Waals surface area contributed by atoms with Crippen LogP contribution >= 0.6 is 0 Å². The number of carboxylic acid groups (broad SMARTS) is 1. The molecule has 0 aromatic carbocycles. The highest BCUT2D eigenvalue weighted by atomic mass is 16.5. The molecule has 0 heterocycles. The van der Waals surface area contributed by atoms with Crippen molar-refractivity contribution in [2.24, 2.45) is 0 Å². The number of ether oxygens (including phenoxy) is 1. The third-order valence-electron chi connectivity index (χ3n) is 1.31. The minimum atomic E-state index is -1.10. The summed E-state index contributed by atoms with van der Waals surface area (Å²) in [5.74, 6) is 3.51. The SMILES string of the molecule is CNC(C#CC(=O)O)CCOC. The van der Waals surface area contributed by atoms with E-state index in [0.29, 0.717) is 13.0 Å². The van der Waals surface area contributed by atoms with Crippen LogP contribution in [0.5, 0.6) is 0 Å². The van der Waals surface area contributed by atoms with Crippen molar-refractivity contribution >= 4 is 5.97 Å². The van der Waals surface area contributed by atoms with E-state index in [1.165, 1.54) is 0 Å². The maximum atomic E-state index is 10.1.